The number of nitrogens with zero attached hydrogens (tertiary/aromatic N) is 3. The second-order valence-corrected chi connectivity index (χ2v) is 3.98. The van der Waals surface area contributed by atoms with Crippen LogP contribution in [0, 0.1) is 5.92 Å². The molecule has 0 saturated heterocycles. The van der Waals surface area contributed by atoms with Crippen LogP contribution in [0.5, 0.6) is 0 Å². The molecule has 1 heterocycles. The first-order valence-electron chi connectivity index (χ1n) is 5.05. The van der Waals surface area contributed by atoms with E-state index >= 15 is 0 Å². The fraction of sp³-hybridized carbons (Fsp3) is 0.778. The fourth-order valence-electron chi connectivity index (χ4n) is 1.70. The number of nitrogens with two attached hydrogens (primary N) is 1. The Bertz CT molecular complexity index is 315. The Balaban J connectivity index is 2.09. The molecule has 0 aromatic carbocycles. The number of hydrogen-bond donors (Lipinski definition) is 2. The van der Waals surface area contributed by atoms with Crippen LogP contribution in [-0.2, 0) is 7.05 Å². The fourth-order valence-corrected chi connectivity index (χ4v) is 1.70. The molecule has 0 radical (unpaired) electrons. The van der Waals surface area contributed by atoms with Gasteiger partial charge in [0.25, 0.3) is 0 Å². The molecule has 5 heteroatoms. The summed E-state index contributed by atoms with van der Waals surface area (Å²) >= 11 is 0. The number of nitrogens with one attached hydrogen (secondary N) is 1. The maximum Gasteiger partial charge on any atom is 0.224 e. The third-order valence-electron chi connectivity index (χ3n) is 2.75. The van der Waals surface area contributed by atoms with E-state index in [4.69, 9.17) is 5.73 Å². The highest BCUT2D eigenvalue weighted by Gasteiger charge is 2.26. The SMILES string of the molecule is CNc1nnc(C(N)CC2CC2)n1C. The summed E-state index contributed by atoms with van der Waals surface area (Å²) in [5, 5.41) is 11.1. The molecular formula is C9H17N5. The Kier molecular flexibility index (Phi) is 2.41. The summed E-state index contributed by atoms with van der Waals surface area (Å²) in [7, 11) is 3.77. The Hall–Kier alpha value is -1.10. The van der Waals surface area contributed by atoms with Crippen molar-refractivity contribution in [2.75, 3.05) is 12.4 Å². The lowest BCUT2D eigenvalue weighted by Gasteiger charge is -2.10. The molecule has 1 aromatic rings. The van der Waals surface area contributed by atoms with E-state index in [0.29, 0.717) is 0 Å². The summed E-state index contributed by atoms with van der Waals surface area (Å²) < 4.78 is 1.92. The van der Waals surface area contributed by atoms with Gasteiger partial charge in [-0.1, -0.05) is 12.8 Å². The van der Waals surface area contributed by atoms with Gasteiger partial charge in [-0.2, -0.15) is 0 Å². The Labute approximate surface area is 83.7 Å². The molecule has 14 heavy (non-hydrogen) atoms. The molecule has 0 amide bonds. The number of anilines is 1. The summed E-state index contributed by atoms with van der Waals surface area (Å²) in [6, 6.07) is 0.0297. The molecule has 1 aliphatic carbocycles. The predicted octanol–water partition coefficient (Wildman–Crippen LogP) is 0.657. The smallest absolute Gasteiger partial charge is 0.224 e. The summed E-state index contributed by atoms with van der Waals surface area (Å²) in [5.74, 6) is 2.47. The second-order valence-electron chi connectivity index (χ2n) is 3.98. The molecular weight excluding hydrogens is 178 g/mol. The predicted molar refractivity (Wildman–Crippen MR) is 54.8 cm³/mol. The van der Waals surface area contributed by atoms with Crippen LogP contribution in [0.3, 0.4) is 0 Å². The highest BCUT2D eigenvalue weighted by atomic mass is 15.3. The van der Waals surface area contributed by atoms with Crippen LogP contribution in [0.15, 0.2) is 0 Å². The van der Waals surface area contributed by atoms with Crippen molar-refractivity contribution in [1.82, 2.24) is 14.8 Å². The first-order chi connectivity index (χ1) is 6.72. The van der Waals surface area contributed by atoms with Crippen molar-refractivity contribution < 1.29 is 0 Å². The van der Waals surface area contributed by atoms with Crippen molar-refractivity contribution in [2.24, 2.45) is 18.7 Å². The van der Waals surface area contributed by atoms with Crippen LogP contribution in [-0.4, -0.2) is 21.8 Å². The molecule has 1 unspecified atom stereocenters. The van der Waals surface area contributed by atoms with E-state index in [0.717, 1.165) is 24.1 Å². The van der Waals surface area contributed by atoms with Crippen LogP contribution < -0.4 is 11.1 Å². The van der Waals surface area contributed by atoms with Gasteiger partial charge in [-0.25, -0.2) is 0 Å². The molecule has 1 aliphatic rings. The third-order valence-corrected chi connectivity index (χ3v) is 2.75. The Morgan fingerprint density at radius 1 is 1.57 bits per heavy atom. The molecule has 0 aliphatic heterocycles. The van der Waals surface area contributed by atoms with Gasteiger partial charge in [-0.15, -0.1) is 10.2 Å². The highest BCUT2D eigenvalue weighted by Crippen LogP contribution is 2.36. The van der Waals surface area contributed by atoms with Crippen LogP contribution in [0.4, 0.5) is 5.95 Å². The lowest BCUT2D eigenvalue weighted by Crippen LogP contribution is -2.16. The van der Waals surface area contributed by atoms with Gasteiger partial charge in [0.15, 0.2) is 5.82 Å². The molecule has 1 saturated carbocycles. The zero-order valence-electron chi connectivity index (χ0n) is 8.70. The molecule has 0 spiro atoms. The molecule has 1 aromatic heterocycles. The zero-order chi connectivity index (χ0) is 10.1. The topological polar surface area (TPSA) is 68.8 Å². The largest absolute Gasteiger partial charge is 0.357 e. The monoisotopic (exact) mass is 195 g/mol. The van der Waals surface area contributed by atoms with Gasteiger partial charge in [0, 0.05) is 14.1 Å². The Morgan fingerprint density at radius 3 is 2.79 bits per heavy atom. The van der Waals surface area contributed by atoms with Gasteiger partial charge in [0.05, 0.1) is 6.04 Å². The maximum atomic E-state index is 6.05. The average molecular weight is 195 g/mol. The Morgan fingerprint density at radius 2 is 2.29 bits per heavy atom. The van der Waals surface area contributed by atoms with E-state index < -0.39 is 0 Å². The van der Waals surface area contributed by atoms with Gasteiger partial charge in [0.1, 0.15) is 0 Å². The van der Waals surface area contributed by atoms with Crippen molar-refractivity contribution in [1.29, 1.82) is 0 Å². The summed E-state index contributed by atoms with van der Waals surface area (Å²) in [4.78, 5) is 0. The molecule has 0 bridgehead atoms. The minimum Gasteiger partial charge on any atom is -0.357 e. The lowest BCUT2D eigenvalue weighted by molar-refractivity contribution is 0.549. The lowest BCUT2D eigenvalue weighted by atomic mass is 10.1. The molecule has 2 rings (SSSR count). The molecule has 1 fully saturated rings. The maximum absolute atomic E-state index is 6.05. The van der Waals surface area contributed by atoms with Gasteiger partial charge in [0.2, 0.25) is 5.95 Å². The van der Waals surface area contributed by atoms with Crippen LogP contribution >= 0.6 is 0 Å². The van der Waals surface area contributed by atoms with Crippen molar-refractivity contribution in [2.45, 2.75) is 25.3 Å². The number of rotatable bonds is 4. The van der Waals surface area contributed by atoms with Crippen LogP contribution in [0.2, 0.25) is 0 Å². The van der Waals surface area contributed by atoms with E-state index in [1.807, 2.05) is 18.7 Å². The normalized spacial score (nSPS) is 18.2. The summed E-state index contributed by atoms with van der Waals surface area (Å²) in [5.41, 5.74) is 6.05. The quantitative estimate of drug-likeness (QED) is 0.740. The van der Waals surface area contributed by atoms with Crippen molar-refractivity contribution in [3.05, 3.63) is 5.82 Å². The van der Waals surface area contributed by atoms with Crippen LogP contribution in [0.25, 0.3) is 0 Å². The number of hydrogen-bond acceptors (Lipinski definition) is 4. The minimum atomic E-state index is 0.0297. The third kappa shape index (κ3) is 1.72. The first kappa shape index (κ1) is 9.45. The molecule has 5 nitrogen and oxygen atoms in total. The van der Waals surface area contributed by atoms with E-state index in [1.54, 1.807) is 0 Å². The second kappa shape index (κ2) is 3.57. The average Bonchev–Trinajstić information content (AvgIpc) is 2.88. The zero-order valence-corrected chi connectivity index (χ0v) is 8.70. The van der Waals surface area contributed by atoms with E-state index in [-0.39, 0.29) is 6.04 Å². The first-order valence-corrected chi connectivity index (χ1v) is 5.05. The van der Waals surface area contributed by atoms with Crippen molar-refractivity contribution >= 4 is 5.95 Å². The molecule has 78 valence electrons. The standard InChI is InChI=1S/C9H17N5/c1-11-9-13-12-8(14(9)2)7(10)5-6-3-4-6/h6-7H,3-5,10H2,1-2H3,(H,11,13). The van der Waals surface area contributed by atoms with Crippen molar-refractivity contribution in [3.8, 4) is 0 Å². The minimum absolute atomic E-state index is 0.0297. The van der Waals surface area contributed by atoms with Gasteiger partial charge < -0.3 is 11.1 Å². The van der Waals surface area contributed by atoms with Gasteiger partial charge in [-0.3, -0.25) is 4.57 Å². The molecule has 1 atom stereocenters. The summed E-state index contributed by atoms with van der Waals surface area (Å²) in [6.07, 6.45) is 3.69. The van der Waals surface area contributed by atoms with Gasteiger partial charge >= 0.3 is 0 Å². The van der Waals surface area contributed by atoms with Crippen molar-refractivity contribution in [3.63, 3.8) is 0 Å². The van der Waals surface area contributed by atoms with E-state index in [1.165, 1.54) is 12.8 Å². The van der Waals surface area contributed by atoms with E-state index in [9.17, 15) is 0 Å². The van der Waals surface area contributed by atoms with E-state index in [2.05, 4.69) is 15.5 Å². The van der Waals surface area contributed by atoms with Crippen LogP contribution in [0.1, 0.15) is 31.1 Å². The highest BCUT2D eigenvalue weighted by molar-refractivity contribution is 5.24. The van der Waals surface area contributed by atoms with Gasteiger partial charge in [-0.05, 0) is 12.3 Å². The molecule has 3 N–H and O–H groups in total. The summed E-state index contributed by atoms with van der Waals surface area (Å²) in [6.45, 7) is 0. The number of aromatic nitrogens is 3.